The number of carbonyl (C=O) groups is 2. The largest absolute Gasteiger partial charge is 0.478 e. The summed E-state index contributed by atoms with van der Waals surface area (Å²) in [5.41, 5.74) is 2.61. The summed E-state index contributed by atoms with van der Waals surface area (Å²) in [4.78, 5) is 25.8. The molecule has 0 radical (unpaired) electrons. The van der Waals surface area contributed by atoms with Crippen LogP contribution in [0.5, 0.6) is 0 Å². The summed E-state index contributed by atoms with van der Waals surface area (Å²) in [6.45, 7) is 5.25. The lowest BCUT2D eigenvalue weighted by atomic mass is 9.98. The van der Waals surface area contributed by atoms with E-state index in [-0.39, 0.29) is 55.8 Å². The fraction of sp³-hybridized carbons (Fsp3) is 0.292. The van der Waals surface area contributed by atoms with Crippen LogP contribution >= 0.6 is 11.6 Å². The van der Waals surface area contributed by atoms with E-state index in [1.807, 2.05) is 19.9 Å². The molecule has 3 aromatic heterocycles. The van der Waals surface area contributed by atoms with Crippen LogP contribution in [0, 0.1) is 20.8 Å². The molecule has 0 aliphatic rings. The minimum Gasteiger partial charge on any atom is -0.478 e. The average Bonchev–Trinajstić information content (AvgIpc) is 3.41. The van der Waals surface area contributed by atoms with Gasteiger partial charge in [0.2, 0.25) is 0 Å². The molecule has 0 fully saturated rings. The lowest BCUT2D eigenvalue weighted by Crippen LogP contribution is -2.14. The predicted molar refractivity (Wildman–Crippen MR) is 136 cm³/mol. The van der Waals surface area contributed by atoms with Gasteiger partial charge in [0.1, 0.15) is 11.3 Å². The number of carboxylic acids is 1. The topological polar surface area (TPSA) is 142 Å². The number of aryl methyl sites for hydroxylation is 5. The van der Waals surface area contributed by atoms with E-state index in [2.05, 4.69) is 15.3 Å². The van der Waals surface area contributed by atoms with Crippen molar-refractivity contribution >= 4 is 33.2 Å². The third kappa shape index (κ3) is 4.58. The number of carbonyl (C=O) groups excluding carboxylic acids is 1. The van der Waals surface area contributed by atoms with Crippen LogP contribution in [0.2, 0.25) is 5.02 Å². The predicted octanol–water partition coefficient (Wildman–Crippen LogP) is 2.98. The van der Waals surface area contributed by atoms with E-state index in [1.165, 1.54) is 27.7 Å². The van der Waals surface area contributed by atoms with Gasteiger partial charge in [-0.25, -0.2) is 13.2 Å². The van der Waals surface area contributed by atoms with Crippen LogP contribution < -0.4 is 0 Å². The van der Waals surface area contributed by atoms with Gasteiger partial charge in [-0.2, -0.15) is 15.3 Å². The highest BCUT2D eigenvalue weighted by Crippen LogP contribution is 2.34. The minimum atomic E-state index is -3.68. The van der Waals surface area contributed by atoms with E-state index in [0.717, 1.165) is 17.6 Å². The van der Waals surface area contributed by atoms with Crippen LogP contribution in [0.4, 0.5) is 0 Å². The zero-order chi connectivity index (χ0) is 27.4. The van der Waals surface area contributed by atoms with E-state index >= 15 is 0 Å². The van der Waals surface area contributed by atoms with Crippen LogP contribution in [0.15, 0.2) is 29.3 Å². The van der Waals surface area contributed by atoms with E-state index in [1.54, 1.807) is 25.7 Å². The zero-order valence-electron chi connectivity index (χ0n) is 21.1. The highest BCUT2D eigenvalue weighted by Gasteiger charge is 2.30. The molecule has 3 heterocycles. The molecule has 0 saturated heterocycles. The first-order valence-corrected chi connectivity index (χ1v) is 13.4. The SMILES string of the molecule is Cc1cc(C)n(Cc2c(S(C)(=O)=O)ccc(C(=O)c3cnn(C)c3-c3c(C(=O)O)c(C)nn3C)c2Cl)n1. The smallest absolute Gasteiger partial charge is 0.339 e. The van der Waals surface area contributed by atoms with Crippen molar-refractivity contribution in [2.75, 3.05) is 6.26 Å². The molecule has 4 rings (SSSR count). The second-order valence-electron chi connectivity index (χ2n) is 8.86. The number of aromatic carboxylic acids is 1. The van der Waals surface area contributed by atoms with Gasteiger partial charge in [-0.1, -0.05) is 11.6 Å². The van der Waals surface area contributed by atoms with Gasteiger partial charge in [-0.15, -0.1) is 0 Å². The average molecular weight is 545 g/mol. The Morgan fingerprint density at radius 2 is 1.70 bits per heavy atom. The number of halogens is 1. The van der Waals surface area contributed by atoms with Crippen molar-refractivity contribution in [3.8, 4) is 11.4 Å². The number of ketones is 1. The molecule has 0 aliphatic carbocycles. The number of aromatic nitrogens is 6. The Kier molecular flexibility index (Phi) is 6.59. The summed E-state index contributed by atoms with van der Waals surface area (Å²) in [5, 5.41) is 22.6. The van der Waals surface area contributed by atoms with Crippen molar-refractivity contribution in [3.05, 3.63) is 68.8 Å². The Balaban J connectivity index is 1.92. The lowest BCUT2D eigenvalue weighted by molar-refractivity contribution is 0.0696. The molecule has 194 valence electrons. The van der Waals surface area contributed by atoms with Crippen molar-refractivity contribution in [2.24, 2.45) is 14.1 Å². The monoisotopic (exact) mass is 544 g/mol. The van der Waals surface area contributed by atoms with Crippen molar-refractivity contribution in [2.45, 2.75) is 32.2 Å². The number of carboxylic acid groups (broad SMARTS) is 1. The maximum atomic E-state index is 13.8. The molecule has 0 saturated carbocycles. The van der Waals surface area contributed by atoms with Gasteiger partial charge in [0.25, 0.3) is 0 Å². The van der Waals surface area contributed by atoms with Crippen molar-refractivity contribution < 1.29 is 23.1 Å². The number of nitrogens with zero attached hydrogens (tertiary/aromatic N) is 6. The molecular weight excluding hydrogens is 520 g/mol. The Bertz CT molecular complexity index is 1700. The number of rotatable bonds is 7. The van der Waals surface area contributed by atoms with Gasteiger partial charge in [0.05, 0.1) is 45.3 Å². The van der Waals surface area contributed by atoms with Crippen LogP contribution in [0.3, 0.4) is 0 Å². The van der Waals surface area contributed by atoms with Gasteiger partial charge in [-0.3, -0.25) is 18.8 Å². The van der Waals surface area contributed by atoms with Crippen LogP contribution in [0.1, 0.15) is 48.9 Å². The van der Waals surface area contributed by atoms with Crippen molar-refractivity contribution in [1.82, 2.24) is 29.3 Å². The van der Waals surface area contributed by atoms with Gasteiger partial charge in [0.15, 0.2) is 15.6 Å². The number of hydrogen-bond acceptors (Lipinski definition) is 7. The molecule has 11 nitrogen and oxygen atoms in total. The third-order valence-corrected chi connectivity index (χ3v) is 7.71. The molecule has 37 heavy (non-hydrogen) atoms. The highest BCUT2D eigenvalue weighted by atomic mass is 35.5. The first-order valence-electron chi connectivity index (χ1n) is 11.1. The molecule has 0 bridgehead atoms. The Labute approximate surface area is 218 Å². The Morgan fingerprint density at radius 1 is 1.03 bits per heavy atom. The fourth-order valence-corrected chi connectivity index (χ4v) is 5.77. The van der Waals surface area contributed by atoms with Crippen LogP contribution in [-0.4, -0.2) is 60.9 Å². The maximum Gasteiger partial charge on any atom is 0.339 e. The van der Waals surface area contributed by atoms with E-state index in [0.29, 0.717) is 0 Å². The second kappa shape index (κ2) is 9.27. The standard InChI is InChI=1S/C24H25ClN6O5S/c1-12-9-13(2)31(27-12)11-17-18(37(6,35)36)8-7-15(20(17)25)23(32)16-10-26-29(4)21(16)22-19(24(33)34)14(3)28-30(22)5/h7-10H,11H2,1-6H3,(H,33,34). The molecule has 0 atom stereocenters. The summed E-state index contributed by atoms with van der Waals surface area (Å²) in [7, 11) is -0.519. The number of sulfone groups is 1. The minimum absolute atomic E-state index is 0.0107. The maximum absolute atomic E-state index is 13.8. The van der Waals surface area contributed by atoms with E-state index in [4.69, 9.17) is 11.6 Å². The summed E-state index contributed by atoms with van der Waals surface area (Å²) >= 11 is 6.73. The molecule has 0 aliphatic heterocycles. The van der Waals surface area contributed by atoms with Crippen molar-refractivity contribution in [3.63, 3.8) is 0 Å². The second-order valence-corrected chi connectivity index (χ2v) is 11.2. The first kappa shape index (κ1) is 26.3. The molecule has 1 N–H and O–H groups in total. The Morgan fingerprint density at radius 3 is 2.27 bits per heavy atom. The van der Waals surface area contributed by atoms with E-state index in [9.17, 15) is 23.1 Å². The molecule has 13 heteroatoms. The fourth-order valence-electron chi connectivity index (χ4n) is 4.47. The van der Waals surface area contributed by atoms with Crippen molar-refractivity contribution in [1.29, 1.82) is 0 Å². The van der Waals surface area contributed by atoms with Gasteiger partial charge < -0.3 is 5.11 Å². The highest BCUT2D eigenvalue weighted by molar-refractivity contribution is 7.90. The van der Waals surface area contributed by atoms with Gasteiger partial charge >= 0.3 is 5.97 Å². The quantitative estimate of drug-likeness (QED) is 0.350. The lowest BCUT2D eigenvalue weighted by Gasteiger charge is -2.15. The van der Waals surface area contributed by atoms with Gasteiger partial charge in [0, 0.05) is 37.2 Å². The number of hydrogen-bond donors (Lipinski definition) is 1. The summed E-state index contributed by atoms with van der Waals surface area (Å²) in [5.74, 6) is -1.74. The Hall–Kier alpha value is -3.77. The van der Waals surface area contributed by atoms with Crippen LogP contribution in [0.25, 0.3) is 11.4 Å². The zero-order valence-corrected chi connectivity index (χ0v) is 22.6. The molecule has 0 amide bonds. The molecule has 0 unspecified atom stereocenters. The first-order chi connectivity index (χ1) is 17.2. The van der Waals surface area contributed by atoms with Gasteiger partial charge in [-0.05, 0) is 39.0 Å². The molecule has 1 aromatic carbocycles. The molecule has 4 aromatic rings. The molecular formula is C24H25ClN6O5S. The third-order valence-electron chi connectivity index (χ3n) is 6.10. The summed E-state index contributed by atoms with van der Waals surface area (Å²) < 4.78 is 29.5. The van der Waals surface area contributed by atoms with E-state index < -0.39 is 21.6 Å². The summed E-state index contributed by atoms with van der Waals surface area (Å²) in [6, 6.07) is 4.55. The molecule has 0 spiro atoms. The normalized spacial score (nSPS) is 11.8. The summed E-state index contributed by atoms with van der Waals surface area (Å²) in [6.07, 6.45) is 2.40. The number of benzene rings is 1. The van der Waals surface area contributed by atoms with Crippen LogP contribution in [-0.2, 0) is 30.5 Å².